The lowest BCUT2D eigenvalue weighted by atomic mass is 9.97. The Labute approximate surface area is 212 Å². The first kappa shape index (κ1) is 27.0. The van der Waals surface area contributed by atoms with Gasteiger partial charge in [-0.15, -0.1) is 22.7 Å². The average molecular weight is 610 g/mol. The fourth-order valence-corrected chi connectivity index (χ4v) is 5.43. The number of thiophene rings is 2. The molecule has 1 aliphatic rings. The van der Waals surface area contributed by atoms with Gasteiger partial charge >= 0.3 is 12.1 Å². The lowest BCUT2D eigenvalue weighted by molar-refractivity contribution is 0.0208. The van der Waals surface area contributed by atoms with Crippen LogP contribution in [0.5, 0.6) is 0 Å². The second-order valence-electron chi connectivity index (χ2n) is 8.10. The van der Waals surface area contributed by atoms with Crippen LogP contribution in [0.3, 0.4) is 0 Å². The summed E-state index contributed by atoms with van der Waals surface area (Å²) < 4.78 is 7.15. The van der Waals surface area contributed by atoms with E-state index in [1.807, 2.05) is 6.07 Å². The van der Waals surface area contributed by atoms with Crippen LogP contribution in [-0.4, -0.2) is 53.2 Å². The molecule has 7 nitrogen and oxygen atoms in total. The van der Waals surface area contributed by atoms with E-state index in [0.717, 1.165) is 33.5 Å². The minimum Gasteiger partial charge on any atom is -0.477 e. The number of ether oxygens (including phenoxy) is 1. The van der Waals surface area contributed by atoms with Crippen molar-refractivity contribution in [3.63, 3.8) is 0 Å². The summed E-state index contributed by atoms with van der Waals surface area (Å²) in [6, 6.07) is 6.83. The van der Waals surface area contributed by atoms with E-state index in [9.17, 15) is 14.4 Å². The number of nitrogens with one attached hydrogen (secondary N) is 1. The normalized spacial score (nSPS) is 14.3. The molecule has 0 spiro atoms. The van der Waals surface area contributed by atoms with Gasteiger partial charge < -0.3 is 15.2 Å². The van der Waals surface area contributed by atoms with E-state index in [-0.39, 0.29) is 5.91 Å². The van der Waals surface area contributed by atoms with Gasteiger partial charge in [0.15, 0.2) is 0 Å². The molecular weight excluding hydrogens is 584 g/mol. The number of carbonyl (C=O) groups excluding carboxylic acids is 2. The highest BCUT2D eigenvalue weighted by Crippen LogP contribution is 2.25. The molecule has 3 heterocycles. The Morgan fingerprint density at radius 1 is 1.06 bits per heavy atom. The van der Waals surface area contributed by atoms with E-state index in [4.69, 9.17) is 9.84 Å². The minimum atomic E-state index is -0.870. The van der Waals surface area contributed by atoms with Crippen molar-refractivity contribution in [1.29, 1.82) is 0 Å². The van der Waals surface area contributed by atoms with Gasteiger partial charge in [0, 0.05) is 6.54 Å². The summed E-state index contributed by atoms with van der Waals surface area (Å²) in [6.45, 7) is 7.67. The SMILES string of the molecule is CC(C)(C)OC(=O)N(CC1CCNCC1)C(=O)c1ccc(Br)s1.O=C(O)c1ccc(Br)s1. The van der Waals surface area contributed by atoms with Gasteiger partial charge in [0.1, 0.15) is 10.5 Å². The van der Waals surface area contributed by atoms with Crippen molar-refractivity contribution in [3.05, 3.63) is 41.6 Å². The molecule has 2 aromatic rings. The van der Waals surface area contributed by atoms with E-state index >= 15 is 0 Å². The molecule has 0 aliphatic carbocycles. The number of imide groups is 1. The topological polar surface area (TPSA) is 95.9 Å². The van der Waals surface area contributed by atoms with E-state index < -0.39 is 17.7 Å². The van der Waals surface area contributed by atoms with Crippen molar-refractivity contribution in [2.24, 2.45) is 5.92 Å². The van der Waals surface area contributed by atoms with Crippen LogP contribution in [0.1, 0.15) is 53.0 Å². The zero-order chi connectivity index (χ0) is 23.9. The van der Waals surface area contributed by atoms with Crippen LogP contribution >= 0.6 is 54.5 Å². The van der Waals surface area contributed by atoms with Crippen LogP contribution in [-0.2, 0) is 4.74 Å². The fourth-order valence-electron chi connectivity index (χ4n) is 2.87. The van der Waals surface area contributed by atoms with E-state index in [0.29, 0.717) is 22.2 Å². The Kier molecular flexibility index (Phi) is 10.3. The van der Waals surface area contributed by atoms with E-state index in [2.05, 4.69) is 37.2 Å². The monoisotopic (exact) mass is 608 g/mol. The number of aromatic carboxylic acids is 1. The molecule has 0 bridgehead atoms. The number of carbonyl (C=O) groups is 3. The number of nitrogens with zero attached hydrogens (tertiary/aromatic N) is 1. The molecule has 11 heteroatoms. The molecule has 2 amide bonds. The Morgan fingerprint density at radius 2 is 1.59 bits per heavy atom. The third-order valence-corrected chi connectivity index (χ3v) is 7.55. The molecule has 1 fully saturated rings. The van der Waals surface area contributed by atoms with Gasteiger partial charge in [-0.1, -0.05) is 0 Å². The molecule has 0 radical (unpaired) electrons. The van der Waals surface area contributed by atoms with Crippen molar-refractivity contribution in [3.8, 4) is 0 Å². The Morgan fingerprint density at radius 3 is 2.00 bits per heavy atom. The molecule has 3 rings (SSSR count). The number of carboxylic acids is 1. The predicted octanol–water partition coefficient (Wildman–Crippen LogP) is 6.10. The molecule has 1 saturated heterocycles. The van der Waals surface area contributed by atoms with Gasteiger partial charge in [-0.3, -0.25) is 4.79 Å². The minimum absolute atomic E-state index is 0.284. The summed E-state index contributed by atoms with van der Waals surface area (Å²) >= 11 is 9.05. The summed E-state index contributed by atoms with van der Waals surface area (Å²) in [5.41, 5.74) is -0.625. The van der Waals surface area contributed by atoms with Gasteiger partial charge in [0.2, 0.25) is 0 Å². The number of halogens is 2. The number of piperidine rings is 1. The number of carboxylic acid groups (broad SMARTS) is 1. The van der Waals surface area contributed by atoms with Crippen LogP contribution in [0.25, 0.3) is 0 Å². The summed E-state index contributed by atoms with van der Waals surface area (Å²) in [7, 11) is 0. The Hall–Kier alpha value is -1.27. The lowest BCUT2D eigenvalue weighted by Gasteiger charge is -2.30. The Bertz CT molecular complexity index is 933. The van der Waals surface area contributed by atoms with Crippen LogP contribution < -0.4 is 5.32 Å². The van der Waals surface area contributed by atoms with Gasteiger partial charge in [-0.25, -0.2) is 14.5 Å². The first-order chi connectivity index (χ1) is 15.0. The predicted molar refractivity (Wildman–Crippen MR) is 134 cm³/mol. The smallest absolute Gasteiger partial charge is 0.417 e. The number of rotatable bonds is 4. The average Bonchev–Trinajstić information content (AvgIpc) is 3.34. The number of hydrogen-bond acceptors (Lipinski definition) is 7. The standard InChI is InChI=1S/C16H23BrN2O3S.C5H3BrO2S/c1-16(2,3)22-15(21)19(10-11-6-8-18-9-7-11)14(20)12-4-5-13(17)23-12;6-4-2-1-3(9-4)5(7)8/h4-5,11,18H,6-10H2,1-3H3;1-2H,(H,7,8). The summed E-state index contributed by atoms with van der Waals surface area (Å²) in [6.07, 6.45) is 1.35. The highest BCUT2D eigenvalue weighted by atomic mass is 79.9. The van der Waals surface area contributed by atoms with Crippen LogP contribution in [0.15, 0.2) is 31.8 Å². The number of hydrogen-bond donors (Lipinski definition) is 2. The second-order valence-corrected chi connectivity index (χ2v) is 13.0. The van der Waals surface area contributed by atoms with Gasteiger partial charge in [-0.05, 0) is 109 Å². The quantitative estimate of drug-likeness (QED) is 0.435. The summed E-state index contributed by atoms with van der Waals surface area (Å²) in [5.74, 6) is -0.838. The van der Waals surface area contributed by atoms with Crippen molar-refractivity contribution in [2.75, 3.05) is 19.6 Å². The molecule has 0 aromatic carbocycles. The molecule has 0 atom stereocenters. The van der Waals surface area contributed by atoms with E-state index in [1.54, 1.807) is 39.0 Å². The maximum Gasteiger partial charge on any atom is 0.417 e. The molecular formula is C21H26Br2N2O5S2. The zero-order valence-corrected chi connectivity index (χ0v) is 22.8. The van der Waals surface area contributed by atoms with Gasteiger partial charge in [0.25, 0.3) is 5.91 Å². The van der Waals surface area contributed by atoms with Crippen molar-refractivity contribution in [2.45, 2.75) is 39.2 Å². The molecule has 32 heavy (non-hydrogen) atoms. The van der Waals surface area contributed by atoms with Crippen molar-refractivity contribution >= 4 is 72.5 Å². The van der Waals surface area contributed by atoms with Crippen LogP contribution in [0.2, 0.25) is 0 Å². The van der Waals surface area contributed by atoms with Gasteiger partial charge in [0.05, 0.1) is 12.4 Å². The van der Waals surface area contributed by atoms with Gasteiger partial charge in [-0.2, -0.15) is 0 Å². The first-order valence-corrected chi connectivity index (χ1v) is 13.2. The van der Waals surface area contributed by atoms with Crippen LogP contribution in [0.4, 0.5) is 4.79 Å². The maximum atomic E-state index is 12.8. The van der Waals surface area contributed by atoms with E-state index in [1.165, 1.54) is 27.6 Å². The highest BCUT2D eigenvalue weighted by Gasteiger charge is 2.31. The number of amides is 2. The highest BCUT2D eigenvalue weighted by molar-refractivity contribution is 9.11. The molecule has 2 aromatic heterocycles. The first-order valence-electron chi connectivity index (χ1n) is 9.96. The lowest BCUT2D eigenvalue weighted by Crippen LogP contribution is -2.44. The molecule has 2 N–H and O–H groups in total. The summed E-state index contributed by atoms with van der Waals surface area (Å²) in [4.78, 5) is 37.6. The third-order valence-electron chi connectivity index (χ3n) is 4.33. The largest absolute Gasteiger partial charge is 0.477 e. The summed E-state index contributed by atoms with van der Waals surface area (Å²) in [5, 5.41) is 11.7. The maximum absolute atomic E-state index is 12.8. The molecule has 176 valence electrons. The van der Waals surface area contributed by atoms with Crippen LogP contribution in [0, 0.1) is 5.92 Å². The Balaban J connectivity index is 0.000000336. The molecule has 0 saturated carbocycles. The molecule has 1 aliphatic heterocycles. The second kappa shape index (κ2) is 12.3. The third kappa shape index (κ3) is 8.93. The molecule has 0 unspecified atom stereocenters. The fraction of sp³-hybridized carbons (Fsp3) is 0.476. The van der Waals surface area contributed by atoms with Crippen molar-refractivity contribution in [1.82, 2.24) is 10.2 Å². The zero-order valence-electron chi connectivity index (χ0n) is 18.0. The van der Waals surface area contributed by atoms with Crippen molar-refractivity contribution < 1.29 is 24.2 Å².